The lowest BCUT2D eigenvalue weighted by molar-refractivity contribution is -0.139. The minimum absolute atomic E-state index is 0.222. The summed E-state index contributed by atoms with van der Waals surface area (Å²) < 4.78 is 16.3. The number of nitrogens with one attached hydrogen (secondary N) is 1. The Kier molecular flexibility index (Phi) is 15.3. The molecule has 0 unspecified atom stereocenters. The monoisotopic (exact) mass is 697 g/mol. The van der Waals surface area contributed by atoms with E-state index in [2.05, 4.69) is 105 Å². The molecule has 270 valence electrons. The average Bonchev–Trinajstić information content (AvgIpc) is 3.16. The average molecular weight is 698 g/mol. The van der Waals surface area contributed by atoms with Gasteiger partial charge in [0.25, 0.3) is 0 Å². The molecule has 0 aliphatic heterocycles. The van der Waals surface area contributed by atoms with Crippen LogP contribution in [0.2, 0.25) is 0 Å². The van der Waals surface area contributed by atoms with Crippen molar-refractivity contribution in [2.75, 3.05) is 32.7 Å². The van der Waals surface area contributed by atoms with Gasteiger partial charge in [0.2, 0.25) is 0 Å². The number of carbonyl (C=O) groups excluding carboxylic acids is 2. The highest BCUT2D eigenvalue weighted by atomic mass is 16.5. The van der Waals surface area contributed by atoms with Crippen LogP contribution in [0.25, 0.3) is 36.0 Å². The summed E-state index contributed by atoms with van der Waals surface area (Å²) in [5.74, 6) is 0.858. The number of Topliss-reactive ketones (excluding diaryl/α,β-unsaturated/α-hetero) is 1. The van der Waals surface area contributed by atoms with Gasteiger partial charge < -0.3 is 19.5 Å². The zero-order chi connectivity index (χ0) is 37.3. The quantitative estimate of drug-likeness (QED) is 0.0455. The van der Waals surface area contributed by atoms with Crippen LogP contribution in [0.3, 0.4) is 0 Å². The maximum absolute atomic E-state index is 12.2. The number of benzene rings is 4. The smallest absolute Gasteiger partial charge is 0.303 e. The van der Waals surface area contributed by atoms with Crippen molar-refractivity contribution in [3.8, 4) is 11.5 Å². The second kappa shape index (κ2) is 20.3. The zero-order valence-electron chi connectivity index (χ0n) is 31.2. The van der Waals surface area contributed by atoms with Crippen molar-refractivity contribution in [3.05, 3.63) is 136 Å². The molecule has 0 heterocycles. The number of rotatable bonds is 19. The molecule has 0 saturated heterocycles. The summed E-state index contributed by atoms with van der Waals surface area (Å²) in [6.07, 6.45) is 15.6. The van der Waals surface area contributed by atoms with E-state index < -0.39 is 5.97 Å². The van der Waals surface area contributed by atoms with Crippen LogP contribution < -0.4 is 14.8 Å². The Morgan fingerprint density at radius 3 is 1.77 bits per heavy atom. The van der Waals surface area contributed by atoms with Gasteiger partial charge in [-0.25, -0.2) is 0 Å². The van der Waals surface area contributed by atoms with Gasteiger partial charge in [-0.3, -0.25) is 9.59 Å². The van der Waals surface area contributed by atoms with E-state index >= 15 is 0 Å². The first-order valence-electron chi connectivity index (χ1n) is 17.9. The summed E-state index contributed by atoms with van der Waals surface area (Å²) in [4.78, 5) is 23.1. The molecule has 0 aromatic heterocycles. The number of ether oxygens (including phenoxy) is 3. The Bertz CT molecular complexity index is 1880. The number of hydrogen-bond donors (Lipinski definition) is 1. The van der Waals surface area contributed by atoms with Crippen molar-refractivity contribution >= 4 is 53.4 Å². The summed E-state index contributed by atoms with van der Waals surface area (Å²) >= 11 is 0. The molecule has 52 heavy (non-hydrogen) atoms. The molecule has 0 aliphatic carbocycles. The molecule has 0 atom stereocenters. The first-order chi connectivity index (χ1) is 25.2. The van der Waals surface area contributed by atoms with Crippen molar-refractivity contribution in [2.24, 2.45) is 0 Å². The molecule has 0 fully saturated rings. The van der Waals surface area contributed by atoms with Crippen molar-refractivity contribution < 1.29 is 23.8 Å². The first-order valence-corrected chi connectivity index (χ1v) is 17.9. The fraction of sp³-hybridized carbons (Fsp3) is 0.261. The molecule has 1 N–H and O–H groups in total. The van der Waals surface area contributed by atoms with Gasteiger partial charge in [-0.1, -0.05) is 117 Å². The Labute approximate surface area is 309 Å². The second-order valence-electron chi connectivity index (χ2n) is 12.8. The molecule has 0 radical (unpaired) electrons. The lowest BCUT2D eigenvalue weighted by Gasteiger charge is -2.11. The Balaban J connectivity index is 1.31. The number of esters is 1. The highest BCUT2D eigenvalue weighted by Crippen LogP contribution is 2.32. The van der Waals surface area contributed by atoms with E-state index in [1.54, 1.807) is 26.4 Å². The van der Waals surface area contributed by atoms with E-state index in [1.165, 1.54) is 18.9 Å². The van der Waals surface area contributed by atoms with Gasteiger partial charge in [-0.05, 0) is 84.7 Å². The predicted octanol–water partition coefficient (Wildman–Crippen LogP) is 11.3. The summed E-state index contributed by atoms with van der Waals surface area (Å²) in [7, 11) is 3.38. The van der Waals surface area contributed by atoms with Crippen LogP contribution in [0.4, 0.5) is 5.69 Å². The molecule has 0 aliphatic rings. The van der Waals surface area contributed by atoms with Gasteiger partial charge in [0.1, 0.15) is 11.5 Å². The van der Waals surface area contributed by atoms with Gasteiger partial charge >= 0.3 is 5.97 Å². The first kappa shape index (κ1) is 39.2. The van der Waals surface area contributed by atoms with E-state index in [0.29, 0.717) is 5.56 Å². The van der Waals surface area contributed by atoms with E-state index in [1.807, 2.05) is 24.3 Å². The third-order valence-corrected chi connectivity index (χ3v) is 8.68. The van der Waals surface area contributed by atoms with Crippen LogP contribution in [-0.2, 0) is 9.53 Å². The van der Waals surface area contributed by atoms with Crippen LogP contribution >= 0.6 is 0 Å². The van der Waals surface area contributed by atoms with E-state index in [9.17, 15) is 9.59 Å². The molecule has 6 nitrogen and oxygen atoms in total. The van der Waals surface area contributed by atoms with Gasteiger partial charge in [0.15, 0.2) is 12.4 Å². The summed E-state index contributed by atoms with van der Waals surface area (Å²) in [6.45, 7) is 10.6. The highest BCUT2D eigenvalue weighted by Gasteiger charge is 2.10. The zero-order valence-corrected chi connectivity index (χ0v) is 31.2. The molecule has 6 heteroatoms. The topological polar surface area (TPSA) is 73.9 Å². The Morgan fingerprint density at radius 2 is 1.23 bits per heavy atom. The van der Waals surface area contributed by atoms with Crippen molar-refractivity contribution in [2.45, 2.75) is 52.9 Å². The summed E-state index contributed by atoms with van der Waals surface area (Å²) in [6, 6.07) is 28.3. The van der Waals surface area contributed by atoms with Gasteiger partial charge in [0.05, 0.1) is 14.2 Å². The van der Waals surface area contributed by atoms with Gasteiger partial charge in [-0.15, -0.1) is 0 Å². The fourth-order valence-electron chi connectivity index (χ4n) is 5.63. The third-order valence-electron chi connectivity index (χ3n) is 8.68. The molecular weight excluding hydrogens is 647 g/mol. The Hall–Kier alpha value is -5.62. The number of methoxy groups -OCH3 is 2. The summed E-state index contributed by atoms with van der Waals surface area (Å²) in [5.41, 5.74) is 10.2. The molecule has 0 amide bonds. The van der Waals surface area contributed by atoms with Gasteiger partial charge in [-0.2, -0.15) is 0 Å². The standard InChI is InChI=1S/C46H51NO5/c1-7-8-28-47-43-26-18-37(19-27-43)17-21-42-31-45(50-5)41(30-46(42)51-6)20-16-36-12-14-38(15-13-36)29-33(2)10-9-11-34(3)39-22-24-40(25-23-39)44(49)32-52-35(4)48/h12-27,29-31,47H,3,7-11,28,32H2,1-2,4-6H3/b20-16+,21-17+,33-29+. The normalized spacial score (nSPS) is 11.5. The van der Waals surface area contributed by atoms with E-state index in [0.717, 1.165) is 88.4 Å². The number of ketones is 1. The number of anilines is 1. The largest absolute Gasteiger partial charge is 0.496 e. The molecule has 0 spiro atoms. The van der Waals surface area contributed by atoms with Gasteiger partial charge in [0, 0.05) is 35.8 Å². The molecule has 4 rings (SSSR count). The lowest BCUT2D eigenvalue weighted by Crippen LogP contribution is -2.11. The summed E-state index contributed by atoms with van der Waals surface area (Å²) in [5, 5.41) is 3.46. The molecule has 4 aromatic carbocycles. The van der Waals surface area contributed by atoms with E-state index in [-0.39, 0.29) is 12.4 Å². The van der Waals surface area contributed by atoms with E-state index in [4.69, 9.17) is 14.2 Å². The van der Waals surface area contributed by atoms with Crippen LogP contribution in [0.15, 0.2) is 97.1 Å². The molecular formula is C46H51NO5. The minimum Gasteiger partial charge on any atom is -0.496 e. The lowest BCUT2D eigenvalue weighted by atomic mass is 9.98. The second-order valence-corrected chi connectivity index (χ2v) is 12.8. The van der Waals surface area contributed by atoms with Crippen molar-refractivity contribution in [1.82, 2.24) is 0 Å². The number of allylic oxidation sites excluding steroid dienone is 2. The van der Waals surface area contributed by atoms with Crippen molar-refractivity contribution in [1.29, 1.82) is 0 Å². The SMILES string of the molecule is C=C(CCC/C(C)=C/c1ccc(/C=C/c2cc(OC)c(/C=C/c3ccc(NCCCC)cc3)cc2OC)cc1)c1ccc(C(=O)COC(C)=O)cc1. The molecule has 0 bridgehead atoms. The number of hydrogen-bond acceptors (Lipinski definition) is 6. The molecule has 0 saturated carbocycles. The number of unbranched alkanes of at least 4 members (excludes halogenated alkanes) is 1. The molecule has 4 aromatic rings. The fourth-order valence-corrected chi connectivity index (χ4v) is 5.63. The minimum atomic E-state index is -0.467. The van der Waals surface area contributed by atoms with Crippen LogP contribution in [0, 0.1) is 0 Å². The van der Waals surface area contributed by atoms with Crippen molar-refractivity contribution in [3.63, 3.8) is 0 Å². The maximum Gasteiger partial charge on any atom is 0.303 e. The number of carbonyl (C=O) groups is 2. The highest BCUT2D eigenvalue weighted by molar-refractivity contribution is 5.98. The van der Waals surface area contributed by atoms with Crippen LogP contribution in [-0.4, -0.2) is 39.1 Å². The maximum atomic E-state index is 12.2. The van der Waals surface area contributed by atoms with Crippen LogP contribution in [0.5, 0.6) is 11.5 Å². The Morgan fingerprint density at radius 1 is 0.692 bits per heavy atom. The third kappa shape index (κ3) is 12.3. The predicted molar refractivity (Wildman–Crippen MR) is 218 cm³/mol. The van der Waals surface area contributed by atoms with Crippen LogP contribution in [0.1, 0.15) is 96.6 Å².